The summed E-state index contributed by atoms with van der Waals surface area (Å²) in [5.74, 6) is -4.96. The summed E-state index contributed by atoms with van der Waals surface area (Å²) in [6, 6.07) is 0. The number of halogens is 4. The molecule has 0 bridgehead atoms. The minimum Gasteiger partial charge on any atom is -0.743 e. The van der Waals surface area contributed by atoms with Crippen molar-refractivity contribution in [1.29, 1.82) is 0 Å². The lowest BCUT2D eigenvalue weighted by atomic mass is 10.2. The van der Waals surface area contributed by atoms with E-state index in [9.17, 15) is 30.5 Å². The summed E-state index contributed by atoms with van der Waals surface area (Å²) in [6.45, 7) is 3.73. The maximum absolute atomic E-state index is 12.9. The third-order valence-electron chi connectivity index (χ3n) is 1.69. The zero-order chi connectivity index (χ0) is 14.1. The Balaban J connectivity index is 4.70. The van der Waals surface area contributed by atoms with E-state index < -0.39 is 39.9 Å². The normalized spacial score (nSPS) is 15.1. The molecule has 0 saturated heterocycles. The summed E-state index contributed by atoms with van der Waals surface area (Å²) in [4.78, 5) is 0. The molecule has 0 amide bonds. The topological polar surface area (TPSA) is 66.4 Å². The molecule has 0 radical (unpaired) electrons. The van der Waals surface area contributed by atoms with Crippen molar-refractivity contribution in [2.45, 2.75) is 44.0 Å². The van der Waals surface area contributed by atoms with Crippen LogP contribution in [0.3, 0.4) is 0 Å². The third-order valence-corrected chi connectivity index (χ3v) is 2.62. The van der Waals surface area contributed by atoms with Gasteiger partial charge in [0.25, 0.3) is 0 Å². The molecule has 0 aliphatic heterocycles. The van der Waals surface area contributed by atoms with Crippen LogP contribution >= 0.6 is 0 Å². The standard InChI is InChI=1S/C8H14F4O4S/c1-6(2,3)16-5-4-7(9,10)8(11,12)17(13,14)15/h4-5H2,1-3H3,(H,13,14,15)/p-1. The quantitative estimate of drug-likeness (QED) is 0.570. The Hall–Kier alpha value is -0.410. The largest absolute Gasteiger partial charge is 0.743 e. The number of hydrogen-bond donors (Lipinski definition) is 0. The van der Waals surface area contributed by atoms with Crippen molar-refractivity contribution in [3.63, 3.8) is 0 Å². The van der Waals surface area contributed by atoms with Gasteiger partial charge in [0.15, 0.2) is 10.1 Å². The van der Waals surface area contributed by atoms with Gasteiger partial charge in [0.1, 0.15) is 0 Å². The zero-order valence-electron chi connectivity index (χ0n) is 9.47. The molecule has 0 unspecified atom stereocenters. The van der Waals surface area contributed by atoms with Gasteiger partial charge in [-0.15, -0.1) is 0 Å². The Morgan fingerprint density at radius 1 is 1.12 bits per heavy atom. The predicted octanol–water partition coefficient (Wildman–Crippen LogP) is 1.96. The van der Waals surface area contributed by atoms with Gasteiger partial charge in [0.05, 0.1) is 12.2 Å². The molecular weight excluding hydrogens is 268 g/mol. The van der Waals surface area contributed by atoms with Crippen LogP contribution in [-0.2, 0) is 14.9 Å². The molecule has 0 atom stereocenters. The highest BCUT2D eigenvalue weighted by atomic mass is 32.2. The molecule has 0 aliphatic rings. The monoisotopic (exact) mass is 281 g/mol. The molecule has 4 nitrogen and oxygen atoms in total. The molecule has 0 rings (SSSR count). The van der Waals surface area contributed by atoms with Crippen LogP contribution in [0.4, 0.5) is 17.6 Å². The summed E-state index contributed by atoms with van der Waals surface area (Å²) < 4.78 is 85.8. The summed E-state index contributed by atoms with van der Waals surface area (Å²) >= 11 is 0. The maximum atomic E-state index is 12.9. The van der Waals surface area contributed by atoms with Crippen molar-refractivity contribution in [3.05, 3.63) is 0 Å². The van der Waals surface area contributed by atoms with Gasteiger partial charge in [-0.1, -0.05) is 0 Å². The fourth-order valence-corrected chi connectivity index (χ4v) is 1.28. The lowest BCUT2D eigenvalue weighted by molar-refractivity contribution is -0.176. The smallest absolute Gasteiger partial charge is 0.396 e. The first-order valence-corrected chi connectivity index (χ1v) is 5.96. The van der Waals surface area contributed by atoms with Crippen LogP contribution in [0.5, 0.6) is 0 Å². The molecule has 0 fully saturated rings. The second-order valence-electron chi connectivity index (χ2n) is 4.39. The summed E-state index contributed by atoms with van der Waals surface area (Å²) in [6.07, 6.45) is -1.56. The van der Waals surface area contributed by atoms with E-state index >= 15 is 0 Å². The lowest BCUT2D eigenvalue weighted by Gasteiger charge is -2.29. The van der Waals surface area contributed by atoms with E-state index in [1.165, 1.54) is 20.8 Å². The van der Waals surface area contributed by atoms with Crippen LogP contribution in [0.2, 0.25) is 0 Å². The fraction of sp³-hybridized carbons (Fsp3) is 1.00. The van der Waals surface area contributed by atoms with Gasteiger partial charge in [0.2, 0.25) is 0 Å². The average molecular weight is 281 g/mol. The molecule has 0 spiro atoms. The Morgan fingerprint density at radius 2 is 1.53 bits per heavy atom. The fourth-order valence-electron chi connectivity index (χ4n) is 0.814. The minimum atomic E-state index is -6.41. The van der Waals surface area contributed by atoms with Crippen molar-refractivity contribution < 1.29 is 35.3 Å². The second kappa shape index (κ2) is 4.69. The molecule has 17 heavy (non-hydrogen) atoms. The third kappa shape index (κ3) is 4.40. The highest BCUT2D eigenvalue weighted by Gasteiger charge is 2.61. The number of ether oxygens (including phenoxy) is 1. The Labute approximate surface area is 96.7 Å². The van der Waals surface area contributed by atoms with Crippen LogP contribution in [0.15, 0.2) is 0 Å². The number of hydrogen-bond acceptors (Lipinski definition) is 4. The summed E-state index contributed by atoms with van der Waals surface area (Å²) in [7, 11) is -6.41. The van der Waals surface area contributed by atoms with Gasteiger partial charge in [-0.25, -0.2) is 8.42 Å². The maximum Gasteiger partial charge on any atom is 0.396 e. The van der Waals surface area contributed by atoms with Crippen LogP contribution in [0.1, 0.15) is 27.2 Å². The number of alkyl halides is 4. The molecular formula is C8H13F4O4S-. The Kier molecular flexibility index (Phi) is 4.58. The van der Waals surface area contributed by atoms with Gasteiger partial charge >= 0.3 is 11.2 Å². The van der Waals surface area contributed by atoms with Crippen molar-refractivity contribution in [3.8, 4) is 0 Å². The highest BCUT2D eigenvalue weighted by molar-refractivity contribution is 7.86. The predicted molar refractivity (Wildman–Crippen MR) is 49.9 cm³/mol. The molecule has 0 N–H and O–H groups in total. The molecule has 0 aromatic rings. The average Bonchev–Trinajstić information content (AvgIpc) is 1.98. The van der Waals surface area contributed by atoms with Gasteiger partial charge < -0.3 is 9.29 Å². The molecule has 0 aromatic carbocycles. The first-order chi connectivity index (χ1) is 7.21. The van der Waals surface area contributed by atoms with E-state index in [4.69, 9.17) is 4.74 Å². The molecule has 0 heterocycles. The zero-order valence-corrected chi connectivity index (χ0v) is 10.3. The van der Waals surface area contributed by atoms with Crippen LogP contribution in [0, 0.1) is 0 Å². The van der Waals surface area contributed by atoms with E-state index in [1.54, 1.807) is 0 Å². The van der Waals surface area contributed by atoms with E-state index in [1.807, 2.05) is 0 Å². The van der Waals surface area contributed by atoms with Gasteiger partial charge in [-0.05, 0) is 20.8 Å². The molecule has 0 aliphatic carbocycles. The second-order valence-corrected chi connectivity index (χ2v) is 5.81. The Bertz CT molecular complexity index is 358. The van der Waals surface area contributed by atoms with Gasteiger partial charge in [-0.2, -0.15) is 17.6 Å². The van der Waals surface area contributed by atoms with Crippen molar-refractivity contribution in [2.75, 3.05) is 6.61 Å². The van der Waals surface area contributed by atoms with Crippen molar-refractivity contribution in [2.24, 2.45) is 0 Å². The van der Waals surface area contributed by atoms with Crippen LogP contribution < -0.4 is 0 Å². The SMILES string of the molecule is CC(C)(C)OCCC(F)(F)C(F)(F)S(=O)(=O)[O-]. The highest BCUT2D eigenvalue weighted by Crippen LogP contribution is 2.40. The van der Waals surface area contributed by atoms with E-state index in [0.29, 0.717) is 0 Å². The number of rotatable bonds is 5. The van der Waals surface area contributed by atoms with Crippen molar-refractivity contribution >= 4 is 10.1 Å². The molecule has 9 heteroatoms. The molecule has 104 valence electrons. The Morgan fingerprint density at radius 3 is 1.82 bits per heavy atom. The molecule has 0 saturated carbocycles. The van der Waals surface area contributed by atoms with Crippen LogP contribution in [0.25, 0.3) is 0 Å². The van der Waals surface area contributed by atoms with Gasteiger partial charge in [0, 0.05) is 6.42 Å². The van der Waals surface area contributed by atoms with Crippen molar-refractivity contribution in [1.82, 2.24) is 0 Å². The summed E-state index contributed by atoms with van der Waals surface area (Å²) in [5, 5.41) is -5.64. The first-order valence-electron chi connectivity index (χ1n) is 4.56. The van der Waals surface area contributed by atoms with E-state index in [2.05, 4.69) is 0 Å². The molecule has 0 aromatic heterocycles. The minimum absolute atomic E-state index is 0.790. The first kappa shape index (κ1) is 16.6. The van der Waals surface area contributed by atoms with E-state index in [0.717, 1.165) is 0 Å². The van der Waals surface area contributed by atoms with E-state index in [-0.39, 0.29) is 0 Å². The lowest BCUT2D eigenvalue weighted by Crippen LogP contribution is -2.47. The summed E-state index contributed by atoms with van der Waals surface area (Å²) in [5.41, 5.74) is -0.832. The van der Waals surface area contributed by atoms with Crippen LogP contribution in [-0.4, -0.2) is 36.4 Å². The van der Waals surface area contributed by atoms with Gasteiger partial charge in [-0.3, -0.25) is 0 Å².